The summed E-state index contributed by atoms with van der Waals surface area (Å²) in [6, 6.07) is 7.52. The molecule has 30 heavy (non-hydrogen) atoms. The topological polar surface area (TPSA) is 116 Å². The Morgan fingerprint density at radius 3 is 2.47 bits per heavy atom. The van der Waals surface area contributed by atoms with Gasteiger partial charge in [-0.25, -0.2) is 0 Å². The molecule has 9 nitrogen and oxygen atoms in total. The number of ether oxygens (including phenoxy) is 2. The first-order valence-electron chi connectivity index (χ1n) is 9.15. The number of rotatable bonds is 6. The Morgan fingerprint density at radius 1 is 1.17 bits per heavy atom. The largest absolute Gasteiger partial charge is 0.482 e. The number of nitro benzene ring substituents is 1. The zero-order chi connectivity index (χ0) is 22.0. The van der Waals surface area contributed by atoms with Gasteiger partial charge in [0.15, 0.2) is 13.2 Å². The van der Waals surface area contributed by atoms with Gasteiger partial charge in [-0.2, -0.15) is 0 Å². The number of esters is 1. The lowest BCUT2D eigenvalue weighted by Crippen LogP contribution is -2.42. The fourth-order valence-corrected chi connectivity index (χ4v) is 3.49. The van der Waals surface area contributed by atoms with Crippen LogP contribution in [0, 0.1) is 30.9 Å². The molecule has 0 atom stereocenters. The Hall–Kier alpha value is -3.75. The quantitative estimate of drug-likeness (QED) is 0.310. The van der Waals surface area contributed by atoms with Crippen LogP contribution in [-0.2, 0) is 14.3 Å². The van der Waals surface area contributed by atoms with Crippen LogP contribution in [0.2, 0.25) is 0 Å². The highest BCUT2D eigenvalue weighted by Gasteiger charge is 2.30. The number of nitrogens with zero attached hydrogens (tertiary/aromatic N) is 2. The molecule has 9 heteroatoms. The van der Waals surface area contributed by atoms with E-state index >= 15 is 0 Å². The zero-order valence-electron chi connectivity index (χ0n) is 16.8. The van der Waals surface area contributed by atoms with Crippen LogP contribution in [0.5, 0.6) is 5.75 Å². The van der Waals surface area contributed by atoms with E-state index in [1.54, 1.807) is 0 Å². The highest BCUT2D eigenvalue weighted by molar-refractivity contribution is 6.03. The van der Waals surface area contributed by atoms with Crippen LogP contribution in [0.3, 0.4) is 0 Å². The van der Waals surface area contributed by atoms with Gasteiger partial charge in [0.25, 0.3) is 11.6 Å². The summed E-state index contributed by atoms with van der Waals surface area (Å²) in [6.07, 6.45) is 0. The first-order chi connectivity index (χ1) is 14.2. The molecule has 1 aliphatic rings. The molecule has 0 aromatic heterocycles. The van der Waals surface area contributed by atoms with Crippen molar-refractivity contribution >= 4 is 29.0 Å². The van der Waals surface area contributed by atoms with Crippen molar-refractivity contribution in [3.05, 3.63) is 62.7 Å². The van der Waals surface area contributed by atoms with E-state index in [0.717, 1.165) is 27.7 Å². The summed E-state index contributed by atoms with van der Waals surface area (Å²) in [5, 5.41) is 11.0. The molecule has 1 heterocycles. The number of hydrogen-bond donors (Lipinski definition) is 0. The molecule has 1 amide bonds. The van der Waals surface area contributed by atoms with Crippen molar-refractivity contribution in [2.24, 2.45) is 0 Å². The lowest BCUT2D eigenvalue weighted by atomic mass is 9.97. The fourth-order valence-electron chi connectivity index (χ4n) is 3.49. The molecule has 0 fully saturated rings. The third-order valence-electron chi connectivity index (χ3n) is 4.70. The Bertz CT molecular complexity index is 1040. The van der Waals surface area contributed by atoms with Crippen molar-refractivity contribution in [2.45, 2.75) is 20.8 Å². The van der Waals surface area contributed by atoms with Crippen LogP contribution >= 0.6 is 0 Å². The minimum Gasteiger partial charge on any atom is -0.482 e. The monoisotopic (exact) mass is 412 g/mol. The Morgan fingerprint density at radius 2 is 1.83 bits per heavy atom. The summed E-state index contributed by atoms with van der Waals surface area (Å²) >= 11 is 0. The maximum Gasteiger partial charge on any atom is 0.326 e. The highest BCUT2D eigenvalue weighted by atomic mass is 16.6. The minimum absolute atomic E-state index is 0.106. The van der Waals surface area contributed by atoms with Crippen LogP contribution in [0.4, 0.5) is 11.4 Å². The lowest BCUT2D eigenvalue weighted by molar-refractivity contribution is -0.384. The maximum atomic E-state index is 12.5. The Kier molecular flexibility index (Phi) is 5.81. The summed E-state index contributed by atoms with van der Waals surface area (Å²) in [5.41, 5.74) is 2.96. The van der Waals surface area contributed by atoms with E-state index in [9.17, 15) is 24.5 Å². The molecule has 0 saturated carbocycles. The van der Waals surface area contributed by atoms with Crippen molar-refractivity contribution in [2.75, 3.05) is 24.7 Å². The summed E-state index contributed by atoms with van der Waals surface area (Å²) in [6.45, 7) is 4.28. The summed E-state index contributed by atoms with van der Waals surface area (Å²) < 4.78 is 10.3. The number of hydrogen-bond acceptors (Lipinski definition) is 7. The second-order valence-corrected chi connectivity index (χ2v) is 7.04. The number of Topliss-reactive ketones (excluding diaryl/α,β-unsaturated/α-hetero) is 1. The third kappa shape index (κ3) is 4.29. The van der Waals surface area contributed by atoms with E-state index in [1.165, 1.54) is 12.1 Å². The number of ketones is 1. The number of carbonyl (C=O) groups excluding carboxylic acids is 3. The number of anilines is 1. The number of non-ortho nitro benzene ring substituents is 1. The number of benzene rings is 2. The smallest absolute Gasteiger partial charge is 0.326 e. The molecular weight excluding hydrogens is 392 g/mol. The molecule has 156 valence electrons. The fraction of sp³-hybridized carbons (Fsp3) is 0.286. The zero-order valence-corrected chi connectivity index (χ0v) is 16.8. The van der Waals surface area contributed by atoms with E-state index < -0.39 is 30.0 Å². The number of amides is 1. The SMILES string of the molecule is Cc1cc(C)c(C(=O)COC(=O)CN2C(=O)COc3ccc([N+](=O)[O-])cc32)c(C)c1. The van der Waals surface area contributed by atoms with E-state index in [4.69, 9.17) is 9.47 Å². The van der Waals surface area contributed by atoms with Gasteiger partial charge >= 0.3 is 5.97 Å². The molecule has 0 bridgehead atoms. The van der Waals surface area contributed by atoms with Crippen LogP contribution in [0.15, 0.2) is 30.3 Å². The average molecular weight is 412 g/mol. The number of nitro groups is 1. The molecule has 3 rings (SSSR count). The normalized spacial score (nSPS) is 12.8. The Labute approximate surface area is 172 Å². The van der Waals surface area contributed by atoms with Crippen molar-refractivity contribution < 1.29 is 28.8 Å². The van der Waals surface area contributed by atoms with E-state index in [1.807, 2.05) is 32.9 Å². The molecule has 0 unspecified atom stereocenters. The lowest BCUT2D eigenvalue weighted by Gasteiger charge is -2.28. The van der Waals surface area contributed by atoms with E-state index in [2.05, 4.69) is 0 Å². The van der Waals surface area contributed by atoms with Crippen molar-refractivity contribution in [1.82, 2.24) is 0 Å². The molecular formula is C21H20N2O7. The minimum atomic E-state index is -0.807. The van der Waals surface area contributed by atoms with Gasteiger partial charge in [0.05, 0.1) is 10.6 Å². The van der Waals surface area contributed by atoms with Gasteiger partial charge in [-0.05, 0) is 38.0 Å². The van der Waals surface area contributed by atoms with Crippen LogP contribution < -0.4 is 9.64 Å². The van der Waals surface area contributed by atoms with E-state index in [-0.39, 0.29) is 29.5 Å². The standard InChI is InChI=1S/C21H20N2O7/c1-12-6-13(2)21(14(3)7-12)17(24)10-30-20(26)9-22-16-8-15(23(27)28)4-5-18(16)29-11-19(22)25/h4-8H,9-11H2,1-3H3. The molecule has 2 aromatic carbocycles. The molecule has 0 radical (unpaired) electrons. The molecule has 0 aliphatic carbocycles. The van der Waals surface area contributed by atoms with Gasteiger partial charge in [-0.15, -0.1) is 0 Å². The summed E-state index contributed by atoms with van der Waals surface area (Å²) in [5.74, 6) is -1.45. The second-order valence-electron chi connectivity index (χ2n) is 7.04. The molecule has 2 aromatic rings. The van der Waals surface area contributed by atoms with Gasteiger partial charge in [-0.1, -0.05) is 17.7 Å². The van der Waals surface area contributed by atoms with Crippen LogP contribution in [-0.4, -0.2) is 42.3 Å². The van der Waals surface area contributed by atoms with Crippen LogP contribution in [0.1, 0.15) is 27.0 Å². The highest BCUT2D eigenvalue weighted by Crippen LogP contribution is 2.35. The average Bonchev–Trinajstić information content (AvgIpc) is 2.67. The second kappa shape index (κ2) is 8.32. The van der Waals surface area contributed by atoms with Crippen molar-refractivity contribution in [3.63, 3.8) is 0 Å². The maximum absolute atomic E-state index is 12.5. The van der Waals surface area contributed by atoms with Gasteiger partial charge in [0, 0.05) is 17.7 Å². The first-order valence-corrected chi connectivity index (χ1v) is 9.15. The van der Waals surface area contributed by atoms with Crippen molar-refractivity contribution in [3.8, 4) is 5.75 Å². The first kappa shape index (κ1) is 21.0. The molecule has 0 spiro atoms. The summed E-state index contributed by atoms with van der Waals surface area (Å²) in [7, 11) is 0. The van der Waals surface area contributed by atoms with Gasteiger partial charge in [0.1, 0.15) is 12.3 Å². The number of carbonyl (C=O) groups is 3. The van der Waals surface area contributed by atoms with Gasteiger partial charge in [0.2, 0.25) is 5.78 Å². The number of aryl methyl sites for hydroxylation is 3. The predicted octanol–water partition coefficient (Wildman–Crippen LogP) is 2.67. The van der Waals surface area contributed by atoms with Gasteiger partial charge < -0.3 is 9.47 Å². The van der Waals surface area contributed by atoms with E-state index in [0.29, 0.717) is 5.56 Å². The molecule has 0 saturated heterocycles. The van der Waals surface area contributed by atoms with Gasteiger partial charge in [-0.3, -0.25) is 29.4 Å². The van der Waals surface area contributed by atoms with Crippen LogP contribution in [0.25, 0.3) is 0 Å². The molecule has 0 N–H and O–H groups in total. The Balaban J connectivity index is 1.71. The summed E-state index contributed by atoms with van der Waals surface area (Å²) in [4.78, 5) is 48.5. The third-order valence-corrected chi connectivity index (χ3v) is 4.70. The predicted molar refractivity (Wildman–Crippen MR) is 107 cm³/mol. The van der Waals surface area contributed by atoms with Crippen molar-refractivity contribution in [1.29, 1.82) is 0 Å². The molecule has 1 aliphatic heterocycles. The number of fused-ring (bicyclic) bond motifs is 1.